The van der Waals surface area contributed by atoms with Crippen LogP contribution in [-0.2, 0) is 14.3 Å². The summed E-state index contributed by atoms with van der Waals surface area (Å²) in [5, 5.41) is 2.88. The Balaban J connectivity index is 1.78. The number of hydrogen-bond donors (Lipinski definition) is 1. The summed E-state index contributed by atoms with van der Waals surface area (Å²) in [5.74, 6) is -0.790. The molecule has 0 spiro atoms. The number of ether oxygens (including phenoxy) is 2. The van der Waals surface area contributed by atoms with Crippen molar-refractivity contribution in [1.82, 2.24) is 0 Å². The molecule has 1 N–H and O–H groups in total. The molecule has 3 rings (SSSR count). The van der Waals surface area contributed by atoms with E-state index < -0.39 is 11.9 Å². The van der Waals surface area contributed by atoms with Gasteiger partial charge in [0, 0.05) is 5.69 Å². The Kier molecular flexibility index (Phi) is 5.32. The smallest absolute Gasteiger partial charge is 0.339 e. The molecule has 8 heteroatoms. The average molecular weight is 389 g/mol. The number of hydrogen-bond acceptors (Lipinski definition) is 5. The second-order valence-electron chi connectivity index (χ2n) is 5.97. The summed E-state index contributed by atoms with van der Waals surface area (Å²) in [6, 6.07) is 9.90. The van der Waals surface area contributed by atoms with Crippen LogP contribution in [0.15, 0.2) is 36.4 Å². The highest BCUT2D eigenvalue weighted by atomic mass is 35.5. The number of carbonyl (C=O) groups is 3. The number of anilines is 2. The molecule has 2 amide bonds. The Morgan fingerprint density at radius 2 is 2.04 bits per heavy atom. The Morgan fingerprint density at radius 3 is 2.78 bits per heavy atom. The lowest BCUT2D eigenvalue weighted by atomic mass is 10.1. The van der Waals surface area contributed by atoms with Crippen LogP contribution in [-0.4, -0.2) is 38.0 Å². The number of amides is 2. The van der Waals surface area contributed by atoms with E-state index in [9.17, 15) is 14.4 Å². The maximum absolute atomic E-state index is 12.5. The van der Waals surface area contributed by atoms with E-state index in [4.69, 9.17) is 16.3 Å². The lowest BCUT2D eigenvalue weighted by Gasteiger charge is -2.29. The first-order chi connectivity index (χ1) is 12.9. The molecule has 0 atom stereocenters. The number of fused-ring (bicyclic) bond motifs is 1. The molecule has 0 aromatic heterocycles. The minimum atomic E-state index is -0.608. The molecule has 0 aliphatic carbocycles. The van der Waals surface area contributed by atoms with E-state index in [0.717, 1.165) is 5.56 Å². The maximum Gasteiger partial charge on any atom is 0.339 e. The van der Waals surface area contributed by atoms with Gasteiger partial charge in [-0.05, 0) is 42.8 Å². The number of nitrogens with one attached hydrogen (secondary N) is 1. The molecule has 2 aromatic rings. The minimum absolute atomic E-state index is 0.128. The van der Waals surface area contributed by atoms with Crippen molar-refractivity contribution in [2.24, 2.45) is 0 Å². The van der Waals surface area contributed by atoms with Gasteiger partial charge in [-0.25, -0.2) is 4.79 Å². The molecule has 0 radical (unpaired) electrons. The Labute approximate surface area is 160 Å². The summed E-state index contributed by atoms with van der Waals surface area (Å²) in [5.41, 5.74) is 2.00. The van der Waals surface area contributed by atoms with Crippen molar-refractivity contribution in [3.8, 4) is 5.75 Å². The number of rotatable bonds is 4. The monoisotopic (exact) mass is 388 g/mol. The zero-order valence-corrected chi connectivity index (χ0v) is 15.5. The fourth-order valence-corrected chi connectivity index (χ4v) is 2.89. The third-order valence-corrected chi connectivity index (χ3v) is 4.34. The predicted molar refractivity (Wildman–Crippen MR) is 100 cm³/mol. The van der Waals surface area contributed by atoms with Gasteiger partial charge < -0.3 is 14.8 Å². The molecule has 0 bridgehead atoms. The van der Waals surface area contributed by atoms with Gasteiger partial charge >= 0.3 is 5.97 Å². The molecule has 0 saturated heterocycles. The van der Waals surface area contributed by atoms with Crippen LogP contribution < -0.4 is 15.0 Å². The van der Waals surface area contributed by atoms with Gasteiger partial charge in [0.05, 0.1) is 23.4 Å². The van der Waals surface area contributed by atoms with Crippen LogP contribution in [0.5, 0.6) is 5.75 Å². The fourth-order valence-electron chi connectivity index (χ4n) is 2.70. The van der Waals surface area contributed by atoms with Crippen LogP contribution in [0.1, 0.15) is 15.9 Å². The standard InChI is InChI=1S/C19H17ClN2O5/c1-11-3-6-16-15(7-11)22(18(24)10-27-16)9-17(23)21-12-4-5-14(20)13(8-12)19(25)26-2/h3-8H,9-10H2,1-2H3,(H,21,23). The highest BCUT2D eigenvalue weighted by molar-refractivity contribution is 6.33. The van der Waals surface area contributed by atoms with Crippen molar-refractivity contribution >= 4 is 40.8 Å². The summed E-state index contributed by atoms with van der Waals surface area (Å²) >= 11 is 5.97. The molecule has 140 valence electrons. The molecule has 7 nitrogen and oxygen atoms in total. The van der Waals surface area contributed by atoms with E-state index in [1.54, 1.807) is 18.2 Å². The van der Waals surface area contributed by atoms with Crippen LogP contribution in [0.2, 0.25) is 5.02 Å². The van der Waals surface area contributed by atoms with Crippen molar-refractivity contribution < 1.29 is 23.9 Å². The van der Waals surface area contributed by atoms with Gasteiger partial charge in [-0.15, -0.1) is 0 Å². The topological polar surface area (TPSA) is 84.9 Å². The van der Waals surface area contributed by atoms with Gasteiger partial charge in [0.2, 0.25) is 5.91 Å². The zero-order chi connectivity index (χ0) is 19.6. The van der Waals surface area contributed by atoms with Crippen LogP contribution in [0.3, 0.4) is 0 Å². The fraction of sp³-hybridized carbons (Fsp3) is 0.211. The molecule has 2 aromatic carbocycles. The molecular weight excluding hydrogens is 372 g/mol. The number of benzene rings is 2. The van der Waals surface area contributed by atoms with E-state index in [0.29, 0.717) is 17.1 Å². The predicted octanol–water partition coefficient (Wildman–Crippen LogP) is 2.80. The van der Waals surface area contributed by atoms with E-state index in [1.807, 2.05) is 13.0 Å². The number of halogens is 1. The van der Waals surface area contributed by atoms with Crippen molar-refractivity contribution in [1.29, 1.82) is 0 Å². The molecular formula is C19H17ClN2O5. The first-order valence-electron chi connectivity index (χ1n) is 8.10. The van der Waals surface area contributed by atoms with E-state index in [-0.39, 0.29) is 29.6 Å². The third-order valence-electron chi connectivity index (χ3n) is 4.01. The highest BCUT2D eigenvalue weighted by Gasteiger charge is 2.27. The summed E-state index contributed by atoms with van der Waals surface area (Å²) in [7, 11) is 1.24. The van der Waals surface area contributed by atoms with Crippen LogP contribution in [0, 0.1) is 6.92 Å². The van der Waals surface area contributed by atoms with E-state index >= 15 is 0 Å². The quantitative estimate of drug-likeness (QED) is 0.814. The van der Waals surface area contributed by atoms with Gasteiger partial charge in [0.1, 0.15) is 12.3 Å². The van der Waals surface area contributed by atoms with Crippen molar-refractivity contribution in [3.05, 3.63) is 52.5 Å². The van der Waals surface area contributed by atoms with Crippen molar-refractivity contribution in [2.75, 3.05) is 30.5 Å². The highest BCUT2D eigenvalue weighted by Crippen LogP contribution is 2.32. The first kappa shape index (κ1) is 18.7. The van der Waals surface area contributed by atoms with E-state index in [2.05, 4.69) is 10.1 Å². The summed E-state index contributed by atoms with van der Waals surface area (Å²) < 4.78 is 10.1. The number of nitrogens with zero attached hydrogens (tertiary/aromatic N) is 1. The molecule has 1 aliphatic heterocycles. The minimum Gasteiger partial charge on any atom is -0.482 e. The first-order valence-corrected chi connectivity index (χ1v) is 8.48. The van der Waals surface area contributed by atoms with Gasteiger partial charge in [-0.3, -0.25) is 14.5 Å². The number of methoxy groups -OCH3 is 1. The lowest BCUT2D eigenvalue weighted by Crippen LogP contribution is -2.43. The second kappa shape index (κ2) is 7.67. The van der Waals surface area contributed by atoms with Crippen molar-refractivity contribution in [3.63, 3.8) is 0 Å². The van der Waals surface area contributed by atoms with Crippen molar-refractivity contribution in [2.45, 2.75) is 6.92 Å². The van der Waals surface area contributed by atoms with E-state index in [1.165, 1.54) is 24.1 Å². The van der Waals surface area contributed by atoms with Gasteiger partial charge in [0.15, 0.2) is 6.61 Å². The Hall–Kier alpha value is -3.06. The Bertz CT molecular complexity index is 928. The number of esters is 1. The normalized spacial score (nSPS) is 12.9. The maximum atomic E-state index is 12.5. The largest absolute Gasteiger partial charge is 0.482 e. The summed E-state index contributed by atoms with van der Waals surface area (Å²) in [6.07, 6.45) is 0. The molecule has 0 saturated carbocycles. The summed E-state index contributed by atoms with van der Waals surface area (Å²) in [6.45, 7) is 1.57. The SMILES string of the molecule is COC(=O)c1cc(NC(=O)CN2C(=O)COc3ccc(C)cc32)ccc1Cl. The Morgan fingerprint density at radius 1 is 1.26 bits per heavy atom. The van der Waals surface area contributed by atoms with Crippen LogP contribution >= 0.6 is 11.6 Å². The lowest BCUT2D eigenvalue weighted by molar-refractivity contribution is -0.123. The number of carbonyl (C=O) groups excluding carboxylic acids is 3. The second-order valence-corrected chi connectivity index (χ2v) is 6.38. The molecule has 1 aliphatic rings. The summed E-state index contributed by atoms with van der Waals surface area (Å²) in [4.78, 5) is 37.8. The molecule has 27 heavy (non-hydrogen) atoms. The average Bonchev–Trinajstić information content (AvgIpc) is 2.65. The molecule has 1 heterocycles. The zero-order valence-electron chi connectivity index (χ0n) is 14.7. The molecule has 0 unspecified atom stereocenters. The van der Waals surface area contributed by atoms with Crippen LogP contribution in [0.4, 0.5) is 11.4 Å². The third kappa shape index (κ3) is 4.03. The van der Waals surface area contributed by atoms with Crippen LogP contribution in [0.25, 0.3) is 0 Å². The van der Waals surface area contributed by atoms with Gasteiger partial charge in [0.25, 0.3) is 5.91 Å². The van der Waals surface area contributed by atoms with Gasteiger partial charge in [-0.2, -0.15) is 0 Å². The molecule has 0 fully saturated rings. The number of aryl methyl sites for hydroxylation is 1. The van der Waals surface area contributed by atoms with Gasteiger partial charge in [-0.1, -0.05) is 17.7 Å².